The monoisotopic (exact) mass is 408 g/mol. The number of nitrogens with zero attached hydrogens (tertiary/aromatic N) is 3. The minimum Gasteiger partial charge on any atom is -0.347 e. The lowest BCUT2D eigenvalue weighted by Crippen LogP contribution is -2.40. The zero-order chi connectivity index (χ0) is 19.1. The van der Waals surface area contributed by atoms with Crippen molar-refractivity contribution in [3.05, 3.63) is 48.0 Å². The van der Waals surface area contributed by atoms with E-state index in [4.69, 9.17) is 4.98 Å². The quantitative estimate of drug-likeness (QED) is 0.514. The fraction of sp³-hybridized carbons (Fsp3) is 0.286. The van der Waals surface area contributed by atoms with Crippen molar-refractivity contribution in [2.75, 3.05) is 23.3 Å². The van der Waals surface area contributed by atoms with Gasteiger partial charge in [0.15, 0.2) is 10.3 Å². The van der Waals surface area contributed by atoms with E-state index in [0.29, 0.717) is 11.7 Å². The number of hydrogen-bond donors (Lipinski definition) is 1. The highest BCUT2D eigenvalue weighted by Crippen LogP contribution is 2.33. The number of amides is 1. The largest absolute Gasteiger partial charge is 0.347 e. The molecule has 1 atom stereocenters. The van der Waals surface area contributed by atoms with Crippen LogP contribution in [0.2, 0.25) is 0 Å². The number of benzene rings is 2. The molecule has 0 saturated carbocycles. The standard InChI is InChI=1S/C21H20N4OS2/c1-13-8-9-16-18(11-13)28-21(23-16)25-10-4-5-14(12-25)19(26)24-20-22-15-6-2-3-7-17(15)27-20/h2-3,6-9,11,14H,4-5,10,12H2,1H3,(H,22,24,26). The lowest BCUT2D eigenvalue weighted by atomic mass is 9.97. The van der Waals surface area contributed by atoms with E-state index in [0.717, 1.165) is 40.3 Å². The number of piperidine rings is 1. The molecule has 142 valence electrons. The van der Waals surface area contributed by atoms with Gasteiger partial charge in [0.2, 0.25) is 5.91 Å². The Morgan fingerprint density at radius 2 is 1.96 bits per heavy atom. The Labute approximate surface area is 171 Å². The zero-order valence-electron chi connectivity index (χ0n) is 15.5. The third-order valence-corrected chi connectivity index (χ3v) is 7.15. The Balaban J connectivity index is 1.32. The van der Waals surface area contributed by atoms with Crippen LogP contribution < -0.4 is 10.2 Å². The van der Waals surface area contributed by atoms with Gasteiger partial charge in [0, 0.05) is 13.1 Å². The van der Waals surface area contributed by atoms with Gasteiger partial charge in [-0.05, 0) is 49.6 Å². The number of hydrogen-bond acceptors (Lipinski definition) is 6. The lowest BCUT2D eigenvalue weighted by Gasteiger charge is -2.31. The molecule has 0 aliphatic carbocycles. The predicted octanol–water partition coefficient (Wildman–Crippen LogP) is 5.07. The number of carbonyl (C=O) groups is 1. The fourth-order valence-electron chi connectivity index (χ4n) is 3.65. The van der Waals surface area contributed by atoms with Crippen molar-refractivity contribution in [1.29, 1.82) is 0 Å². The molecule has 1 amide bonds. The fourth-order valence-corrected chi connectivity index (χ4v) is 5.62. The smallest absolute Gasteiger partial charge is 0.231 e. The molecule has 4 aromatic rings. The van der Waals surface area contributed by atoms with Crippen molar-refractivity contribution in [3.63, 3.8) is 0 Å². The number of nitrogens with one attached hydrogen (secondary N) is 1. The zero-order valence-corrected chi connectivity index (χ0v) is 17.1. The number of rotatable bonds is 3. The Bertz CT molecular complexity index is 1130. The van der Waals surface area contributed by atoms with Crippen LogP contribution in [0.5, 0.6) is 0 Å². The van der Waals surface area contributed by atoms with Crippen LogP contribution in [-0.4, -0.2) is 29.0 Å². The molecule has 1 N–H and O–H groups in total. The average Bonchev–Trinajstić information content (AvgIpc) is 3.31. The number of aryl methyl sites for hydroxylation is 1. The first-order chi connectivity index (χ1) is 13.7. The predicted molar refractivity (Wildman–Crippen MR) is 118 cm³/mol. The Kier molecular flexibility index (Phi) is 4.49. The van der Waals surface area contributed by atoms with E-state index in [1.165, 1.54) is 21.6 Å². The van der Waals surface area contributed by atoms with Gasteiger partial charge in [-0.25, -0.2) is 9.97 Å². The number of carbonyl (C=O) groups excluding carboxylic acids is 1. The molecule has 1 aliphatic heterocycles. The maximum absolute atomic E-state index is 12.8. The molecule has 1 aliphatic rings. The summed E-state index contributed by atoms with van der Waals surface area (Å²) in [5.74, 6) is 0.00947. The van der Waals surface area contributed by atoms with E-state index >= 15 is 0 Å². The summed E-state index contributed by atoms with van der Waals surface area (Å²) in [6.45, 7) is 3.75. The minimum atomic E-state index is -0.0467. The van der Waals surface area contributed by atoms with Crippen LogP contribution in [0.15, 0.2) is 42.5 Å². The average molecular weight is 409 g/mol. The van der Waals surface area contributed by atoms with Gasteiger partial charge >= 0.3 is 0 Å². The number of fused-ring (bicyclic) bond motifs is 2. The van der Waals surface area contributed by atoms with Crippen LogP contribution in [0.1, 0.15) is 18.4 Å². The summed E-state index contributed by atoms with van der Waals surface area (Å²) in [5, 5.41) is 4.72. The summed E-state index contributed by atoms with van der Waals surface area (Å²) in [6, 6.07) is 14.3. The van der Waals surface area contributed by atoms with Gasteiger partial charge in [0.25, 0.3) is 0 Å². The number of para-hydroxylation sites is 1. The first kappa shape index (κ1) is 17.6. The minimum absolute atomic E-state index is 0.0467. The SMILES string of the molecule is Cc1ccc2nc(N3CCCC(C(=O)Nc4nc5ccccc5s4)C3)sc2c1. The van der Waals surface area contributed by atoms with E-state index in [1.807, 2.05) is 24.3 Å². The maximum Gasteiger partial charge on any atom is 0.231 e. The first-order valence-electron chi connectivity index (χ1n) is 9.44. The normalized spacial score (nSPS) is 17.3. The Hall–Kier alpha value is -2.51. The molecule has 0 radical (unpaired) electrons. The van der Waals surface area contributed by atoms with Gasteiger partial charge < -0.3 is 10.2 Å². The summed E-state index contributed by atoms with van der Waals surface area (Å²) >= 11 is 3.24. The molecular weight excluding hydrogens is 388 g/mol. The van der Waals surface area contributed by atoms with Gasteiger partial charge in [-0.15, -0.1) is 0 Å². The van der Waals surface area contributed by atoms with E-state index in [9.17, 15) is 4.79 Å². The molecule has 1 saturated heterocycles. The molecule has 7 heteroatoms. The Morgan fingerprint density at radius 3 is 2.86 bits per heavy atom. The topological polar surface area (TPSA) is 58.1 Å². The first-order valence-corrected chi connectivity index (χ1v) is 11.1. The van der Waals surface area contributed by atoms with Crippen LogP contribution in [0.4, 0.5) is 10.3 Å². The number of anilines is 2. The summed E-state index contributed by atoms with van der Waals surface area (Å²) in [6.07, 6.45) is 1.89. The molecule has 28 heavy (non-hydrogen) atoms. The van der Waals surface area contributed by atoms with Crippen molar-refractivity contribution in [2.45, 2.75) is 19.8 Å². The van der Waals surface area contributed by atoms with Gasteiger partial charge in [-0.2, -0.15) is 0 Å². The third kappa shape index (κ3) is 3.36. The number of thiazole rings is 2. The molecule has 2 aromatic carbocycles. The Morgan fingerprint density at radius 1 is 1.11 bits per heavy atom. The van der Waals surface area contributed by atoms with Gasteiger partial charge in [0.1, 0.15) is 0 Å². The van der Waals surface area contributed by atoms with Crippen molar-refractivity contribution in [2.24, 2.45) is 5.92 Å². The molecule has 5 nitrogen and oxygen atoms in total. The van der Waals surface area contributed by atoms with Gasteiger partial charge in [-0.1, -0.05) is 40.9 Å². The van der Waals surface area contributed by atoms with Crippen molar-refractivity contribution < 1.29 is 4.79 Å². The van der Waals surface area contributed by atoms with Crippen molar-refractivity contribution in [1.82, 2.24) is 9.97 Å². The highest BCUT2D eigenvalue weighted by molar-refractivity contribution is 7.22. The van der Waals surface area contributed by atoms with Crippen molar-refractivity contribution in [3.8, 4) is 0 Å². The van der Waals surface area contributed by atoms with Crippen LogP contribution in [-0.2, 0) is 4.79 Å². The van der Waals surface area contributed by atoms with E-state index in [2.05, 4.69) is 40.3 Å². The van der Waals surface area contributed by atoms with Crippen LogP contribution in [0.3, 0.4) is 0 Å². The van der Waals surface area contributed by atoms with Crippen LogP contribution in [0, 0.1) is 12.8 Å². The van der Waals surface area contributed by atoms with Crippen LogP contribution >= 0.6 is 22.7 Å². The molecular formula is C21H20N4OS2. The van der Waals surface area contributed by atoms with Gasteiger partial charge in [-0.3, -0.25) is 4.79 Å². The summed E-state index contributed by atoms with van der Waals surface area (Å²) < 4.78 is 2.30. The second-order valence-electron chi connectivity index (χ2n) is 7.23. The highest BCUT2D eigenvalue weighted by atomic mass is 32.1. The third-order valence-electron chi connectivity index (χ3n) is 5.12. The second-order valence-corrected chi connectivity index (χ2v) is 9.27. The summed E-state index contributed by atoms with van der Waals surface area (Å²) in [4.78, 5) is 24.4. The lowest BCUT2D eigenvalue weighted by molar-refractivity contribution is -0.120. The van der Waals surface area contributed by atoms with E-state index in [-0.39, 0.29) is 11.8 Å². The summed E-state index contributed by atoms with van der Waals surface area (Å²) in [7, 11) is 0. The van der Waals surface area contributed by atoms with Crippen molar-refractivity contribution >= 4 is 59.3 Å². The summed E-state index contributed by atoms with van der Waals surface area (Å²) in [5.41, 5.74) is 3.21. The maximum atomic E-state index is 12.8. The van der Waals surface area contributed by atoms with Gasteiger partial charge in [0.05, 0.1) is 26.4 Å². The van der Waals surface area contributed by atoms with E-state index in [1.54, 1.807) is 11.3 Å². The molecule has 5 rings (SSSR count). The van der Waals surface area contributed by atoms with E-state index < -0.39 is 0 Å². The number of aromatic nitrogens is 2. The highest BCUT2D eigenvalue weighted by Gasteiger charge is 2.28. The van der Waals surface area contributed by atoms with Crippen LogP contribution in [0.25, 0.3) is 20.4 Å². The molecule has 0 bridgehead atoms. The molecule has 0 spiro atoms. The second kappa shape index (κ2) is 7.14. The molecule has 3 heterocycles. The molecule has 2 aromatic heterocycles. The molecule has 1 unspecified atom stereocenters. The molecule has 1 fully saturated rings.